The number of hydrogen-bond donors (Lipinski definition) is 0. The molecule has 0 spiro atoms. The van der Waals surface area contributed by atoms with E-state index in [9.17, 15) is 9.59 Å². The zero-order valence-corrected chi connectivity index (χ0v) is 17.7. The van der Waals surface area contributed by atoms with Crippen LogP contribution in [-0.4, -0.2) is 54.1 Å². The summed E-state index contributed by atoms with van der Waals surface area (Å²) in [6, 6.07) is 0.0734. The Bertz CT molecular complexity index is 678. The molecule has 2 saturated carbocycles. The predicted molar refractivity (Wildman–Crippen MR) is 116 cm³/mol. The summed E-state index contributed by atoms with van der Waals surface area (Å²) in [4.78, 5) is 32.8. The van der Waals surface area contributed by atoms with E-state index in [2.05, 4.69) is 29.3 Å². The van der Waals surface area contributed by atoms with Crippen molar-refractivity contribution in [3.63, 3.8) is 0 Å². The van der Waals surface area contributed by atoms with Crippen LogP contribution in [0.5, 0.6) is 0 Å². The zero-order chi connectivity index (χ0) is 20.2. The lowest BCUT2D eigenvalue weighted by Gasteiger charge is -2.36. The van der Waals surface area contributed by atoms with Gasteiger partial charge in [0.2, 0.25) is 5.91 Å². The van der Waals surface area contributed by atoms with Crippen molar-refractivity contribution in [3.8, 4) is 0 Å². The largest absolute Gasteiger partial charge is 0.343 e. The minimum absolute atomic E-state index is 0.126. The summed E-state index contributed by atoms with van der Waals surface area (Å²) in [7, 11) is 1.86. The van der Waals surface area contributed by atoms with Gasteiger partial charge in [-0.05, 0) is 75.5 Å². The van der Waals surface area contributed by atoms with Crippen molar-refractivity contribution in [2.24, 2.45) is 28.7 Å². The molecule has 3 aliphatic carbocycles. The normalized spacial score (nSPS) is 30.7. The lowest BCUT2D eigenvalue weighted by Crippen LogP contribution is -2.47. The summed E-state index contributed by atoms with van der Waals surface area (Å²) >= 11 is 0. The van der Waals surface area contributed by atoms with Gasteiger partial charge in [-0.15, -0.1) is 0 Å². The minimum atomic E-state index is -0.126. The van der Waals surface area contributed by atoms with Gasteiger partial charge in [-0.2, -0.15) is 0 Å². The molecule has 4 rings (SSSR count). The maximum atomic E-state index is 12.6. The van der Waals surface area contributed by atoms with Crippen LogP contribution in [0.25, 0.3) is 0 Å². The van der Waals surface area contributed by atoms with E-state index >= 15 is 0 Å². The van der Waals surface area contributed by atoms with Crippen LogP contribution in [0.2, 0.25) is 0 Å². The van der Waals surface area contributed by atoms with E-state index in [4.69, 9.17) is 0 Å². The van der Waals surface area contributed by atoms with Crippen molar-refractivity contribution in [2.75, 3.05) is 20.1 Å². The first-order valence-corrected chi connectivity index (χ1v) is 11.5. The topological polar surface area (TPSA) is 53.0 Å². The maximum Gasteiger partial charge on any atom is 0.343 e. The van der Waals surface area contributed by atoms with Gasteiger partial charge in [-0.1, -0.05) is 24.3 Å². The number of amides is 3. The van der Waals surface area contributed by atoms with Gasteiger partial charge < -0.3 is 9.80 Å². The molecule has 0 N–H and O–H groups in total. The van der Waals surface area contributed by atoms with Gasteiger partial charge in [0.15, 0.2) is 0 Å². The summed E-state index contributed by atoms with van der Waals surface area (Å²) in [6.45, 7) is 1.55. The highest BCUT2D eigenvalue weighted by atomic mass is 16.2. The number of carbonyl (C=O) groups is 2. The van der Waals surface area contributed by atoms with Crippen LogP contribution in [0.3, 0.4) is 0 Å². The number of aliphatic imine (C=N–C) groups is 1. The standard InChI is InChI=1S/C24H35N3O2/c1-26(22-13-15-27(16-14-22)23(28)21-11-12-21)24(29)25-17-18-7-9-20(10-8-18)19-5-3-2-4-6-19/h2-5,17-22H,6-16H2,1H3/b25-17-. The summed E-state index contributed by atoms with van der Waals surface area (Å²) in [5, 5.41) is 0. The van der Waals surface area contributed by atoms with Crippen LogP contribution < -0.4 is 0 Å². The highest BCUT2D eigenvalue weighted by Crippen LogP contribution is 2.36. The molecule has 4 aliphatic rings. The van der Waals surface area contributed by atoms with Gasteiger partial charge in [0.05, 0.1) is 0 Å². The summed E-state index contributed by atoms with van der Waals surface area (Å²) < 4.78 is 0. The number of hydrogen-bond acceptors (Lipinski definition) is 2. The Kier molecular flexibility index (Phi) is 6.51. The first-order valence-electron chi connectivity index (χ1n) is 11.5. The molecule has 5 heteroatoms. The molecular formula is C24H35N3O2. The zero-order valence-electron chi connectivity index (χ0n) is 17.7. The molecule has 29 heavy (non-hydrogen) atoms. The smallest absolute Gasteiger partial charge is 0.342 e. The Morgan fingerprint density at radius 3 is 2.34 bits per heavy atom. The van der Waals surface area contributed by atoms with Gasteiger partial charge in [-0.25, -0.2) is 9.79 Å². The van der Waals surface area contributed by atoms with E-state index < -0.39 is 0 Å². The summed E-state index contributed by atoms with van der Waals surface area (Å²) in [5.74, 6) is 2.53. The molecule has 0 aromatic rings. The molecule has 1 saturated heterocycles. The Hall–Kier alpha value is -1.91. The fourth-order valence-corrected chi connectivity index (χ4v) is 5.15. The highest BCUT2D eigenvalue weighted by Gasteiger charge is 2.36. The van der Waals surface area contributed by atoms with Crippen molar-refractivity contribution in [1.82, 2.24) is 9.80 Å². The molecule has 3 amide bonds. The molecule has 5 nitrogen and oxygen atoms in total. The number of allylic oxidation sites excluding steroid dienone is 4. The van der Waals surface area contributed by atoms with Crippen LogP contribution in [0, 0.1) is 23.7 Å². The summed E-state index contributed by atoms with van der Waals surface area (Å²) in [6.07, 6.45) is 20.6. The number of carbonyl (C=O) groups excluding carboxylic acids is 2. The molecule has 1 aliphatic heterocycles. The van der Waals surface area contributed by atoms with Gasteiger partial charge in [0, 0.05) is 38.3 Å². The number of piperidine rings is 1. The Labute approximate surface area is 174 Å². The second-order valence-corrected chi connectivity index (χ2v) is 9.39. The fourth-order valence-electron chi connectivity index (χ4n) is 5.15. The van der Waals surface area contributed by atoms with Gasteiger partial charge >= 0.3 is 6.03 Å². The Balaban J connectivity index is 1.19. The van der Waals surface area contributed by atoms with E-state index in [0.717, 1.165) is 57.5 Å². The average molecular weight is 398 g/mol. The van der Waals surface area contributed by atoms with E-state index in [1.807, 2.05) is 18.2 Å². The second kappa shape index (κ2) is 9.27. The van der Waals surface area contributed by atoms with Crippen LogP contribution in [0.15, 0.2) is 29.3 Å². The van der Waals surface area contributed by atoms with E-state index in [0.29, 0.717) is 17.7 Å². The molecular weight excluding hydrogens is 362 g/mol. The summed E-state index contributed by atoms with van der Waals surface area (Å²) in [5.41, 5.74) is 0. The first kappa shape index (κ1) is 20.4. The molecule has 3 fully saturated rings. The van der Waals surface area contributed by atoms with Crippen LogP contribution >= 0.6 is 0 Å². The Morgan fingerprint density at radius 1 is 1.00 bits per heavy atom. The lowest BCUT2D eigenvalue weighted by molar-refractivity contribution is -0.133. The van der Waals surface area contributed by atoms with E-state index in [1.54, 1.807) is 4.90 Å². The van der Waals surface area contributed by atoms with E-state index in [1.165, 1.54) is 19.3 Å². The highest BCUT2D eigenvalue weighted by molar-refractivity contribution is 5.84. The maximum absolute atomic E-state index is 12.6. The Morgan fingerprint density at radius 2 is 1.72 bits per heavy atom. The third kappa shape index (κ3) is 5.18. The van der Waals surface area contributed by atoms with Crippen LogP contribution in [0.4, 0.5) is 4.79 Å². The molecule has 0 radical (unpaired) electrons. The molecule has 0 bridgehead atoms. The monoisotopic (exact) mass is 397 g/mol. The number of nitrogens with zero attached hydrogens (tertiary/aromatic N) is 3. The third-order valence-corrected chi connectivity index (χ3v) is 7.38. The number of urea groups is 1. The molecule has 1 atom stereocenters. The lowest BCUT2D eigenvalue weighted by atomic mass is 9.74. The average Bonchev–Trinajstić information content (AvgIpc) is 3.63. The molecule has 0 aromatic carbocycles. The van der Waals surface area contributed by atoms with E-state index in [-0.39, 0.29) is 18.0 Å². The number of likely N-dealkylation sites (tertiary alicyclic amines) is 1. The molecule has 158 valence electrons. The first-order chi connectivity index (χ1) is 14.1. The van der Waals surface area contributed by atoms with Crippen molar-refractivity contribution in [2.45, 2.75) is 63.8 Å². The van der Waals surface area contributed by atoms with Gasteiger partial charge in [0.25, 0.3) is 0 Å². The fraction of sp³-hybridized carbons (Fsp3) is 0.708. The predicted octanol–water partition coefficient (Wildman–Crippen LogP) is 4.45. The van der Waals surface area contributed by atoms with Crippen molar-refractivity contribution in [3.05, 3.63) is 24.3 Å². The van der Waals surface area contributed by atoms with Gasteiger partial charge in [-0.3, -0.25) is 4.79 Å². The second-order valence-electron chi connectivity index (χ2n) is 9.39. The van der Waals surface area contributed by atoms with Crippen molar-refractivity contribution in [1.29, 1.82) is 0 Å². The quantitative estimate of drug-likeness (QED) is 0.658. The van der Waals surface area contributed by atoms with Crippen molar-refractivity contribution >= 4 is 18.2 Å². The third-order valence-electron chi connectivity index (χ3n) is 7.38. The molecule has 0 aromatic heterocycles. The molecule has 1 unspecified atom stereocenters. The molecule has 1 heterocycles. The minimum Gasteiger partial charge on any atom is -0.342 e. The van der Waals surface area contributed by atoms with Crippen LogP contribution in [-0.2, 0) is 4.79 Å². The number of rotatable bonds is 4. The van der Waals surface area contributed by atoms with Crippen LogP contribution in [0.1, 0.15) is 57.8 Å². The SMILES string of the molecule is CN(C(=O)/N=C\C1CCC(C2C=CC=CC2)CC1)C1CCN(C(=O)C2CC2)CC1. The van der Waals surface area contributed by atoms with Gasteiger partial charge in [0.1, 0.15) is 0 Å². The van der Waals surface area contributed by atoms with Crippen molar-refractivity contribution < 1.29 is 9.59 Å².